The molecule has 0 atom stereocenters. The summed E-state index contributed by atoms with van der Waals surface area (Å²) in [5.41, 5.74) is 3.22. The summed E-state index contributed by atoms with van der Waals surface area (Å²) >= 11 is 0. The van der Waals surface area contributed by atoms with Crippen LogP contribution < -0.4 is 9.73 Å². The third-order valence-corrected chi connectivity index (χ3v) is 7.79. The van der Waals surface area contributed by atoms with Crippen molar-refractivity contribution in [1.29, 1.82) is 0 Å². The van der Waals surface area contributed by atoms with Crippen molar-refractivity contribution in [2.75, 3.05) is 31.1 Å². The summed E-state index contributed by atoms with van der Waals surface area (Å²) in [5.74, 6) is 0.884. The maximum absolute atomic E-state index is 13.4. The third kappa shape index (κ3) is 4.68. The topological polar surface area (TPSA) is 95.2 Å². The number of hydrazone groups is 1. The smallest absolute Gasteiger partial charge is 0.289 e. The molecule has 35 heavy (non-hydrogen) atoms. The van der Waals surface area contributed by atoms with E-state index in [1.54, 1.807) is 18.2 Å². The molecule has 1 aromatic heterocycles. The summed E-state index contributed by atoms with van der Waals surface area (Å²) in [7, 11) is -3.78. The third-order valence-electron chi connectivity index (χ3n) is 6.56. The number of anilines is 1. The number of para-hydroxylation sites is 1. The second kappa shape index (κ2) is 9.58. The van der Waals surface area contributed by atoms with E-state index in [-0.39, 0.29) is 10.8 Å². The number of hydrogen-bond acceptors (Lipinski definition) is 6. The van der Waals surface area contributed by atoms with Crippen LogP contribution in [0.1, 0.15) is 40.3 Å². The molecule has 0 spiro atoms. The Hall–Kier alpha value is -3.59. The Morgan fingerprint density at radius 2 is 1.60 bits per heavy atom. The van der Waals surface area contributed by atoms with Crippen LogP contribution in [-0.2, 0) is 16.4 Å². The fourth-order valence-electron chi connectivity index (χ4n) is 4.70. The minimum Gasteiger partial charge on any atom is -0.455 e. The van der Waals surface area contributed by atoms with E-state index in [0.717, 1.165) is 30.8 Å². The van der Waals surface area contributed by atoms with Crippen LogP contribution in [0.5, 0.6) is 0 Å². The second-order valence-electron chi connectivity index (χ2n) is 8.79. The van der Waals surface area contributed by atoms with E-state index >= 15 is 0 Å². The number of hydrogen-bond donors (Lipinski definition) is 1. The van der Waals surface area contributed by atoms with E-state index < -0.39 is 10.0 Å². The molecular formula is C26H28N4O4S. The molecule has 2 aromatic carbocycles. The number of rotatable bonds is 5. The summed E-state index contributed by atoms with van der Waals surface area (Å²) < 4.78 is 31.3. The molecule has 0 bridgehead atoms. The molecule has 1 aliphatic heterocycles. The molecule has 0 unspecified atom stereocenters. The molecule has 5 rings (SSSR count). The lowest BCUT2D eigenvalue weighted by Gasteiger charge is -2.35. The van der Waals surface area contributed by atoms with Crippen molar-refractivity contribution in [2.24, 2.45) is 5.10 Å². The number of nitrogens with zero attached hydrogens (tertiary/aromatic N) is 3. The predicted molar refractivity (Wildman–Crippen MR) is 134 cm³/mol. The van der Waals surface area contributed by atoms with Gasteiger partial charge in [0.05, 0.1) is 10.6 Å². The van der Waals surface area contributed by atoms with Crippen LogP contribution in [0.2, 0.25) is 0 Å². The van der Waals surface area contributed by atoms with Gasteiger partial charge in [-0.2, -0.15) is 18.4 Å². The quantitative estimate of drug-likeness (QED) is 0.550. The number of aryl methyl sites for hydroxylation is 1. The molecular weight excluding hydrogens is 464 g/mol. The molecule has 1 saturated heterocycles. The Labute approximate surface area is 205 Å². The highest BCUT2D eigenvalue weighted by Crippen LogP contribution is 2.31. The van der Waals surface area contributed by atoms with Crippen molar-refractivity contribution in [3.8, 4) is 0 Å². The summed E-state index contributed by atoms with van der Waals surface area (Å²) in [5, 5.41) is 4.25. The first-order chi connectivity index (χ1) is 16.9. The Kier molecular flexibility index (Phi) is 6.34. The minimum absolute atomic E-state index is 0.131. The maximum Gasteiger partial charge on any atom is 0.289 e. The van der Waals surface area contributed by atoms with Gasteiger partial charge in [-0.15, -0.1) is 0 Å². The molecule has 1 N–H and O–H groups in total. The number of amides is 1. The van der Waals surface area contributed by atoms with Crippen molar-refractivity contribution < 1.29 is 17.6 Å². The van der Waals surface area contributed by atoms with Crippen LogP contribution in [0, 0.1) is 6.92 Å². The highest BCUT2D eigenvalue weighted by atomic mass is 32.2. The van der Waals surface area contributed by atoms with E-state index in [2.05, 4.69) is 27.0 Å². The summed E-state index contributed by atoms with van der Waals surface area (Å²) in [6.45, 7) is 4.57. The molecule has 0 saturated carbocycles. The zero-order valence-corrected chi connectivity index (χ0v) is 20.4. The Morgan fingerprint density at radius 1 is 0.943 bits per heavy atom. The first-order valence-electron chi connectivity index (χ1n) is 11.8. The van der Waals surface area contributed by atoms with Crippen molar-refractivity contribution >= 4 is 27.3 Å². The number of sulfonamides is 1. The number of carbonyl (C=O) groups is 1. The van der Waals surface area contributed by atoms with Gasteiger partial charge in [-0.25, -0.2) is 0 Å². The van der Waals surface area contributed by atoms with Gasteiger partial charge in [0, 0.05) is 49.4 Å². The van der Waals surface area contributed by atoms with Gasteiger partial charge < -0.3 is 14.2 Å². The predicted octanol–water partition coefficient (Wildman–Crippen LogP) is 3.57. The lowest BCUT2D eigenvalue weighted by atomic mass is 9.93. The van der Waals surface area contributed by atoms with Crippen LogP contribution in [0.4, 0.5) is 5.69 Å². The van der Waals surface area contributed by atoms with E-state index in [4.69, 9.17) is 4.42 Å². The largest absolute Gasteiger partial charge is 0.455 e. The van der Waals surface area contributed by atoms with Gasteiger partial charge in [0.1, 0.15) is 5.76 Å². The van der Waals surface area contributed by atoms with Gasteiger partial charge in [0.15, 0.2) is 5.76 Å². The van der Waals surface area contributed by atoms with Crippen LogP contribution >= 0.6 is 0 Å². The fourth-order valence-corrected chi connectivity index (χ4v) is 5.55. The van der Waals surface area contributed by atoms with Gasteiger partial charge >= 0.3 is 0 Å². The van der Waals surface area contributed by atoms with Crippen molar-refractivity contribution in [2.45, 2.75) is 31.1 Å². The lowest BCUT2D eigenvalue weighted by molar-refractivity contribution is 0.0711. The van der Waals surface area contributed by atoms with E-state index in [9.17, 15) is 13.2 Å². The number of furan rings is 1. The maximum atomic E-state index is 13.4. The van der Waals surface area contributed by atoms with Gasteiger partial charge in [0.2, 0.25) is 0 Å². The lowest BCUT2D eigenvalue weighted by Crippen LogP contribution is -2.48. The molecule has 3 aromatic rings. The first-order valence-corrected chi connectivity index (χ1v) is 13.3. The molecule has 2 heterocycles. The Morgan fingerprint density at radius 3 is 2.29 bits per heavy atom. The van der Waals surface area contributed by atoms with Crippen LogP contribution in [-0.4, -0.2) is 51.1 Å². The van der Waals surface area contributed by atoms with Gasteiger partial charge in [-0.3, -0.25) is 4.79 Å². The first kappa shape index (κ1) is 23.2. The van der Waals surface area contributed by atoms with Crippen LogP contribution in [0.3, 0.4) is 0 Å². The monoisotopic (exact) mass is 492 g/mol. The summed E-state index contributed by atoms with van der Waals surface area (Å²) in [6.07, 6.45) is 2.07. The van der Waals surface area contributed by atoms with E-state index in [0.29, 0.717) is 48.7 Å². The highest BCUT2D eigenvalue weighted by Gasteiger charge is 2.31. The van der Waals surface area contributed by atoms with Gasteiger partial charge in [0.25, 0.3) is 15.9 Å². The molecule has 8 nitrogen and oxygen atoms in total. The minimum atomic E-state index is -3.78. The number of fused-ring (bicyclic) bond motifs is 1. The highest BCUT2D eigenvalue weighted by molar-refractivity contribution is 7.89. The zero-order chi connectivity index (χ0) is 24.4. The standard InChI is InChI=1S/C26H28N4O4S/c1-19-24-22(27-28-35(32,33)21-11-6-3-7-12-21)13-8-14-23(24)34-25(19)26(31)30-17-15-29(16-18-30)20-9-4-2-5-10-20/h2-7,9-12,28H,8,13-18H2,1H3/b27-22+. The molecule has 1 amide bonds. The number of carbonyl (C=O) groups excluding carboxylic acids is 1. The molecule has 0 radical (unpaired) electrons. The normalized spacial score (nSPS) is 17.3. The summed E-state index contributed by atoms with van der Waals surface area (Å²) in [6, 6.07) is 18.3. The van der Waals surface area contributed by atoms with Crippen LogP contribution in [0.25, 0.3) is 0 Å². The Bertz CT molecular complexity index is 1340. The summed E-state index contributed by atoms with van der Waals surface area (Å²) in [4.78, 5) is 19.9. The van der Waals surface area contributed by atoms with Crippen molar-refractivity contribution in [1.82, 2.24) is 9.73 Å². The molecule has 1 aliphatic carbocycles. The number of nitrogens with one attached hydrogen (secondary N) is 1. The number of piperazine rings is 1. The molecule has 9 heteroatoms. The molecule has 182 valence electrons. The van der Waals surface area contributed by atoms with Gasteiger partial charge in [-0.05, 0) is 44.0 Å². The van der Waals surface area contributed by atoms with Crippen LogP contribution in [0.15, 0.2) is 75.1 Å². The number of benzene rings is 2. The average Bonchev–Trinajstić information content (AvgIpc) is 3.25. The molecule has 1 fully saturated rings. The van der Waals surface area contributed by atoms with E-state index in [1.807, 2.05) is 30.0 Å². The van der Waals surface area contributed by atoms with Crippen molar-refractivity contribution in [3.05, 3.63) is 83.3 Å². The van der Waals surface area contributed by atoms with Crippen molar-refractivity contribution in [3.63, 3.8) is 0 Å². The molecule has 2 aliphatic rings. The zero-order valence-electron chi connectivity index (χ0n) is 19.6. The SMILES string of the molecule is Cc1c(C(=O)N2CCN(c3ccccc3)CC2)oc2c1/C(=N/NS(=O)(=O)c1ccccc1)CCC2. The fraction of sp³-hybridized carbons (Fsp3) is 0.308. The average molecular weight is 493 g/mol. The second-order valence-corrected chi connectivity index (χ2v) is 10.4. The Balaban J connectivity index is 1.33. The van der Waals surface area contributed by atoms with E-state index in [1.165, 1.54) is 12.1 Å². The van der Waals surface area contributed by atoms with Gasteiger partial charge in [-0.1, -0.05) is 36.4 Å².